The molecule has 0 unspecified atom stereocenters. The van der Waals surface area contributed by atoms with Crippen LogP contribution in [0.5, 0.6) is 0 Å². The predicted molar refractivity (Wildman–Crippen MR) is 81.6 cm³/mol. The van der Waals surface area contributed by atoms with E-state index in [9.17, 15) is 27.2 Å². The molecular formula is C14H14F4N2O3S. The molecule has 1 aromatic rings. The highest BCUT2D eigenvalue weighted by Crippen LogP contribution is 2.32. The van der Waals surface area contributed by atoms with Crippen molar-refractivity contribution in [3.63, 3.8) is 0 Å². The van der Waals surface area contributed by atoms with Gasteiger partial charge < -0.3 is 15.4 Å². The number of hydrogen-bond acceptors (Lipinski definition) is 4. The van der Waals surface area contributed by atoms with Crippen molar-refractivity contribution in [2.24, 2.45) is 0 Å². The number of nitrogens with one attached hydrogen (secondary N) is 2. The molecular weight excluding hydrogens is 352 g/mol. The van der Waals surface area contributed by atoms with Gasteiger partial charge in [0, 0.05) is 12.1 Å². The smallest absolute Gasteiger partial charge is 0.419 e. The molecule has 0 heterocycles. The first kappa shape index (κ1) is 19.8. The van der Waals surface area contributed by atoms with E-state index in [0.29, 0.717) is 12.1 Å². The van der Waals surface area contributed by atoms with Crippen LogP contribution in [-0.4, -0.2) is 23.6 Å². The van der Waals surface area contributed by atoms with Gasteiger partial charge in [-0.3, -0.25) is 9.59 Å². The highest BCUT2D eigenvalue weighted by molar-refractivity contribution is 7.80. The third-order valence-electron chi connectivity index (χ3n) is 2.65. The molecule has 2 N–H and O–H groups in total. The second-order valence-corrected chi connectivity index (χ2v) is 4.91. The van der Waals surface area contributed by atoms with E-state index in [0.717, 1.165) is 6.07 Å². The lowest BCUT2D eigenvalue weighted by molar-refractivity contribution is -0.144. The Balaban J connectivity index is 2.55. The van der Waals surface area contributed by atoms with Gasteiger partial charge in [-0.15, -0.1) is 0 Å². The van der Waals surface area contributed by atoms with E-state index in [-0.39, 0.29) is 30.2 Å². The summed E-state index contributed by atoms with van der Waals surface area (Å²) < 4.78 is 55.4. The first-order valence-corrected chi connectivity index (χ1v) is 7.17. The molecule has 132 valence electrons. The van der Waals surface area contributed by atoms with Gasteiger partial charge in [0.15, 0.2) is 5.11 Å². The molecule has 0 aliphatic rings. The number of hydrogen-bond donors (Lipinski definition) is 2. The van der Waals surface area contributed by atoms with Gasteiger partial charge in [0.05, 0.1) is 18.6 Å². The molecule has 0 saturated heterocycles. The van der Waals surface area contributed by atoms with Gasteiger partial charge in [-0.25, -0.2) is 4.39 Å². The highest BCUT2D eigenvalue weighted by atomic mass is 32.1. The zero-order valence-corrected chi connectivity index (χ0v) is 13.3. The van der Waals surface area contributed by atoms with Crippen molar-refractivity contribution in [3.05, 3.63) is 29.6 Å². The minimum absolute atomic E-state index is 0.0591. The van der Waals surface area contributed by atoms with E-state index >= 15 is 0 Å². The maximum atomic E-state index is 13.4. The van der Waals surface area contributed by atoms with Crippen molar-refractivity contribution < 1.29 is 31.9 Å². The van der Waals surface area contributed by atoms with E-state index in [1.165, 1.54) is 0 Å². The summed E-state index contributed by atoms with van der Waals surface area (Å²) in [7, 11) is 0. The van der Waals surface area contributed by atoms with Crippen molar-refractivity contribution >= 4 is 34.9 Å². The molecule has 0 aromatic heterocycles. The van der Waals surface area contributed by atoms with Gasteiger partial charge in [-0.1, -0.05) is 0 Å². The molecule has 1 aromatic carbocycles. The number of alkyl halides is 3. The fraction of sp³-hybridized carbons (Fsp3) is 0.357. The van der Waals surface area contributed by atoms with E-state index in [4.69, 9.17) is 12.2 Å². The molecule has 5 nitrogen and oxygen atoms in total. The zero-order chi connectivity index (χ0) is 18.3. The van der Waals surface area contributed by atoms with Crippen molar-refractivity contribution in [1.29, 1.82) is 0 Å². The maximum Gasteiger partial charge on any atom is 0.419 e. The SMILES string of the molecule is CCOC(=O)CCC(=O)NC(=S)Nc1ccc(C(F)(F)F)c(F)c1. The van der Waals surface area contributed by atoms with Crippen LogP contribution >= 0.6 is 12.2 Å². The van der Waals surface area contributed by atoms with Crippen LogP contribution in [0, 0.1) is 5.82 Å². The number of carbonyl (C=O) groups is 2. The highest BCUT2D eigenvalue weighted by Gasteiger charge is 2.33. The Morgan fingerprint density at radius 1 is 1.25 bits per heavy atom. The number of carbonyl (C=O) groups excluding carboxylic acids is 2. The molecule has 0 radical (unpaired) electrons. The van der Waals surface area contributed by atoms with Crippen LogP contribution in [0.15, 0.2) is 18.2 Å². The second kappa shape index (κ2) is 8.57. The number of halogens is 4. The van der Waals surface area contributed by atoms with Gasteiger partial charge in [0.25, 0.3) is 0 Å². The Kier molecular flexibility index (Phi) is 7.08. The van der Waals surface area contributed by atoms with E-state index in [2.05, 4.69) is 15.4 Å². The largest absolute Gasteiger partial charge is 0.466 e. The number of esters is 1. The van der Waals surface area contributed by atoms with E-state index < -0.39 is 29.4 Å². The van der Waals surface area contributed by atoms with Crippen molar-refractivity contribution in [2.45, 2.75) is 25.9 Å². The van der Waals surface area contributed by atoms with Crippen LogP contribution in [0.2, 0.25) is 0 Å². The number of amides is 1. The Hall–Kier alpha value is -2.23. The maximum absolute atomic E-state index is 13.4. The van der Waals surface area contributed by atoms with Gasteiger partial charge in [-0.05, 0) is 37.3 Å². The Morgan fingerprint density at radius 2 is 1.92 bits per heavy atom. The first-order valence-electron chi connectivity index (χ1n) is 6.76. The lowest BCUT2D eigenvalue weighted by Gasteiger charge is -2.12. The summed E-state index contributed by atoms with van der Waals surface area (Å²) in [5, 5.41) is 4.37. The Labute approximate surface area is 140 Å². The number of thiocarbonyl (C=S) groups is 1. The average Bonchev–Trinajstić information content (AvgIpc) is 2.44. The molecule has 0 bridgehead atoms. The van der Waals surface area contributed by atoms with E-state index in [1.54, 1.807) is 6.92 Å². The summed E-state index contributed by atoms with van der Waals surface area (Å²) >= 11 is 4.79. The second-order valence-electron chi connectivity index (χ2n) is 4.50. The molecule has 0 atom stereocenters. The number of rotatable bonds is 5. The van der Waals surface area contributed by atoms with Crippen LogP contribution in [-0.2, 0) is 20.5 Å². The van der Waals surface area contributed by atoms with Crippen LogP contribution < -0.4 is 10.6 Å². The first-order chi connectivity index (χ1) is 11.1. The fourth-order valence-corrected chi connectivity index (χ4v) is 1.85. The van der Waals surface area contributed by atoms with Gasteiger partial charge in [0.1, 0.15) is 5.82 Å². The third kappa shape index (κ3) is 6.49. The lowest BCUT2D eigenvalue weighted by atomic mass is 10.2. The molecule has 0 saturated carbocycles. The normalized spacial score (nSPS) is 10.9. The van der Waals surface area contributed by atoms with Crippen molar-refractivity contribution in [2.75, 3.05) is 11.9 Å². The summed E-state index contributed by atoms with van der Waals surface area (Å²) in [6.45, 7) is 1.82. The molecule has 0 aliphatic heterocycles. The molecule has 1 amide bonds. The summed E-state index contributed by atoms with van der Waals surface area (Å²) in [5.74, 6) is -2.60. The zero-order valence-electron chi connectivity index (χ0n) is 12.5. The molecule has 0 aliphatic carbocycles. The summed E-state index contributed by atoms with van der Waals surface area (Å²) in [6, 6.07) is 2.14. The molecule has 24 heavy (non-hydrogen) atoms. The number of ether oxygens (including phenoxy) is 1. The standard InChI is InChI=1S/C14H14F4N2O3S/c1-2-23-12(22)6-5-11(21)20-13(24)19-8-3-4-9(10(15)7-8)14(16,17)18/h3-4,7H,2,5-6H2,1H3,(H2,19,20,21,24). The van der Waals surface area contributed by atoms with E-state index in [1.807, 2.05) is 0 Å². The van der Waals surface area contributed by atoms with Gasteiger partial charge in [0.2, 0.25) is 5.91 Å². The summed E-state index contributed by atoms with van der Waals surface area (Å²) in [6.07, 6.45) is -5.12. The molecule has 0 fully saturated rings. The summed E-state index contributed by atoms with van der Waals surface area (Å²) in [5.41, 5.74) is -1.46. The lowest BCUT2D eigenvalue weighted by Crippen LogP contribution is -2.34. The van der Waals surface area contributed by atoms with Crippen LogP contribution in [0.1, 0.15) is 25.3 Å². The Morgan fingerprint density at radius 3 is 2.46 bits per heavy atom. The minimum atomic E-state index is -4.80. The molecule has 0 spiro atoms. The van der Waals surface area contributed by atoms with Crippen molar-refractivity contribution in [1.82, 2.24) is 5.32 Å². The minimum Gasteiger partial charge on any atom is -0.466 e. The van der Waals surface area contributed by atoms with Crippen LogP contribution in [0.3, 0.4) is 0 Å². The monoisotopic (exact) mass is 366 g/mol. The fourth-order valence-electron chi connectivity index (χ4n) is 1.62. The number of benzene rings is 1. The van der Waals surface area contributed by atoms with Gasteiger partial charge in [-0.2, -0.15) is 13.2 Å². The van der Waals surface area contributed by atoms with Gasteiger partial charge >= 0.3 is 12.1 Å². The molecule has 1 rings (SSSR count). The number of anilines is 1. The third-order valence-corrected chi connectivity index (χ3v) is 2.85. The summed E-state index contributed by atoms with van der Waals surface area (Å²) in [4.78, 5) is 22.6. The predicted octanol–water partition coefficient (Wildman–Crippen LogP) is 3.00. The molecule has 10 heteroatoms. The topological polar surface area (TPSA) is 67.4 Å². The quantitative estimate of drug-likeness (QED) is 0.476. The van der Waals surface area contributed by atoms with Crippen LogP contribution in [0.25, 0.3) is 0 Å². The average molecular weight is 366 g/mol. The van der Waals surface area contributed by atoms with Crippen LogP contribution in [0.4, 0.5) is 23.2 Å². The Bertz CT molecular complexity index is 635. The van der Waals surface area contributed by atoms with Crippen molar-refractivity contribution in [3.8, 4) is 0 Å².